The molecule has 0 aliphatic heterocycles. The van der Waals surface area contributed by atoms with E-state index in [2.05, 4.69) is 49.0 Å². The fraction of sp³-hybridized carbons (Fsp3) is 0.125. The van der Waals surface area contributed by atoms with E-state index in [1.807, 2.05) is 18.2 Å². The number of rotatable bonds is 5. The summed E-state index contributed by atoms with van der Waals surface area (Å²) in [7, 11) is 3.13. The van der Waals surface area contributed by atoms with Gasteiger partial charge < -0.3 is 9.47 Å². The molecule has 0 aliphatic carbocycles. The van der Waals surface area contributed by atoms with Gasteiger partial charge in [-0.05, 0) is 68.9 Å². The molecule has 0 saturated carbocycles. The number of carbonyl (C=O) groups is 1. The van der Waals surface area contributed by atoms with Gasteiger partial charge in [0.25, 0.3) is 5.91 Å². The minimum absolute atomic E-state index is 0.267. The van der Waals surface area contributed by atoms with Gasteiger partial charge in [-0.25, -0.2) is 5.43 Å². The van der Waals surface area contributed by atoms with E-state index < -0.39 is 0 Å². The fourth-order valence-corrected chi connectivity index (χ4v) is 2.99. The minimum atomic E-state index is -0.267. The van der Waals surface area contributed by atoms with Crippen molar-refractivity contribution in [1.82, 2.24) is 5.43 Å². The first-order valence-corrected chi connectivity index (χ1v) is 8.43. The van der Waals surface area contributed by atoms with Crippen LogP contribution in [0.15, 0.2) is 46.0 Å². The van der Waals surface area contributed by atoms with Crippen molar-refractivity contribution < 1.29 is 14.3 Å². The van der Waals surface area contributed by atoms with Crippen molar-refractivity contribution in [3.8, 4) is 11.5 Å². The third kappa shape index (κ3) is 4.44. The summed E-state index contributed by atoms with van der Waals surface area (Å²) in [5.41, 5.74) is 3.81. The average Bonchev–Trinajstić information content (AvgIpc) is 2.55. The van der Waals surface area contributed by atoms with Crippen LogP contribution in [0, 0.1) is 3.57 Å². The first kappa shape index (κ1) is 17.7. The molecule has 0 saturated heterocycles. The van der Waals surface area contributed by atoms with Crippen molar-refractivity contribution in [2.24, 2.45) is 5.10 Å². The lowest BCUT2D eigenvalue weighted by Crippen LogP contribution is -2.17. The van der Waals surface area contributed by atoms with Gasteiger partial charge in [0.1, 0.15) is 0 Å². The zero-order chi connectivity index (χ0) is 16.8. The smallest absolute Gasteiger partial charge is 0.271 e. The van der Waals surface area contributed by atoms with Gasteiger partial charge in [0.05, 0.1) is 24.9 Å². The van der Waals surface area contributed by atoms with E-state index in [-0.39, 0.29) is 5.91 Å². The normalized spacial score (nSPS) is 10.6. The van der Waals surface area contributed by atoms with Gasteiger partial charge in [-0.15, -0.1) is 0 Å². The quantitative estimate of drug-likeness (QED) is 0.395. The Hall–Kier alpha value is -1.61. The predicted molar refractivity (Wildman–Crippen MR) is 101 cm³/mol. The second-order valence-corrected chi connectivity index (χ2v) is 6.45. The van der Waals surface area contributed by atoms with Crippen LogP contribution in [-0.2, 0) is 0 Å². The van der Waals surface area contributed by atoms with Crippen LogP contribution in [0.2, 0.25) is 0 Å². The van der Waals surface area contributed by atoms with E-state index in [9.17, 15) is 4.79 Å². The molecule has 0 aromatic heterocycles. The average molecular weight is 489 g/mol. The summed E-state index contributed by atoms with van der Waals surface area (Å²) in [6.45, 7) is 0. The van der Waals surface area contributed by atoms with Crippen molar-refractivity contribution >= 4 is 50.6 Å². The number of nitrogens with one attached hydrogen (secondary N) is 1. The highest BCUT2D eigenvalue weighted by Crippen LogP contribution is 2.36. The molecule has 2 aromatic carbocycles. The Kier molecular flexibility index (Phi) is 6.40. The van der Waals surface area contributed by atoms with Crippen LogP contribution >= 0.6 is 38.5 Å². The molecule has 23 heavy (non-hydrogen) atoms. The first-order chi connectivity index (χ1) is 11.1. The molecule has 5 nitrogen and oxygen atoms in total. The maximum Gasteiger partial charge on any atom is 0.271 e. The minimum Gasteiger partial charge on any atom is -0.493 e. The lowest BCUT2D eigenvalue weighted by molar-refractivity contribution is 0.0955. The molecule has 0 spiro atoms. The number of halogens is 2. The highest BCUT2D eigenvalue weighted by molar-refractivity contribution is 14.1. The van der Waals surface area contributed by atoms with E-state index in [1.54, 1.807) is 32.4 Å². The van der Waals surface area contributed by atoms with Crippen LogP contribution < -0.4 is 14.9 Å². The van der Waals surface area contributed by atoms with Gasteiger partial charge in [-0.3, -0.25) is 4.79 Å². The molecule has 0 unspecified atom stereocenters. The number of nitrogens with zero attached hydrogens (tertiary/aromatic N) is 1. The Labute approximate surface area is 156 Å². The lowest BCUT2D eigenvalue weighted by Gasteiger charge is -2.10. The molecular formula is C16H14BrIN2O3. The van der Waals surface area contributed by atoms with Crippen LogP contribution in [-0.4, -0.2) is 26.3 Å². The molecule has 0 aliphatic rings. The van der Waals surface area contributed by atoms with Crippen LogP contribution in [0.25, 0.3) is 0 Å². The standard InChI is InChI=1S/C16H14BrIN2O3/c1-22-13-7-6-11(14(17)15(13)23-2)9-19-20-16(21)10-4-3-5-12(18)8-10/h3-9H,1-2H3,(H,20,21)/b19-9-. The number of ether oxygens (including phenoxy) is 2. The number of benzene rings is 2. The van der Waals surface area contributed by atoms with Gasteiger partial charge in [0, 0.05) is 14.7 Å². The number of hydrogen-bond acceptors (Lipinski definition) is 4. The third-order valence-electron chi connectivity index (χ3n) is 2.97. The van der Waals surface area contributed by atoms with Gasteiger partial charge in [0.15, 0.2) is 11.5 Å². The Morgan fingerprint density at radius 2 is 2.04 bits per heavy atom. The molecule has 120 valence electrons. The molecule has 0 radical (unpaired) electrons. The fourth-order valence-electron chi connectivity index (χ4n) is 1.86. The number of methoxy groups -OCH3 is 2. The summed E-state index contributed by atoms with van der Waals surface area (Å²) in [6, 6.07) is 10.8. The second kappa shape index (κ2) is 8.30. The van der Waals surface area contributed by atoms with Crippen LogP contribution in [0.1, 0.15) is 15.9 Å². The molecule has 0 fully saturated rings. The number of hydrazone groups is 1. The van der Waals surface area contributed by atoms with Crippen LogP contribution in [0.5, 0.6) is 11.5 Å². The molecule has 0 atom stereocenters. The molecule has 2 aromatic rings. The number of amides is 1. The summed E-state index contributed by atoms with van der Waals surface area (Å²) in [4.78, 5) is 12.0. The van der Waals surface area contributed by atoms with E-state index in [4.69, 9.17) is 9.47 Å². The lowest BCUT2D eigenvalue weighted by atomic mass is 10.2. The molecule has 7 heteroatoms. The largest absolute Gasteiger partial charge is 0.493 e. The van der Waals surface area contributed by atoms with Gasteiger partial charge in [0.2, 0.25) is 0 Å². The molecular weight excluding hydrogens is 475 g/mol. The Morgan fingerprint density at radius 1 is 1.26 bits per heavy atom. The van der Waals surface area contributed by atoms with Crippen molar-refractivity contribution in [3.63, 3.8) is 0 Å². The number of hydrogen-bond donors (Lipinski definition) is 1. The molecule has 0 heterocycles. The summed E-state index contributed by atoms with van der Waals surface area (Å²) in [5, 5.41) is 3.99. The summed E-state index contributed by atoms with van der Waals surface area (Å²) in [6.07, 6.45) is 1.54. The van der Waals surface area contributed by atoms with Gasteiger partial charge in [-0.1, -0.05) is 6.07 Å². The predicted octanol–water partition coefficient (Wildman–Crippen LogP) is 3.83. The zero-order valence-electron chi connectivity index (χ0n) is 12.5. The number of carbonyl (C=O) groups excluding carboxylic acids is 1. The maximum absolute atomic E-state index is 12.0. The highest BCUT2D eigenvalue weighted by atomic mass is 127. The second-order valence-electron chi connectivity index (χ2n) is 4.41. The van der Waals surface area contributed by atoms with Crippen molar-refractivity contribution in [3.05, 3.63) is 55.6 Å². The Balaban J connectivity index is 2.13. The molecule has 1 N–H and O–H groups in total. The van der Waals surface area contributed by atoms with E-state index in [0.29, 0.717) is 21.5 Å². The topological polar surface area (TPSA) is 59.9 Å². The summed E-state index contributed by atoms with van der Waals surface area (Å²) in [5.74, 6) is 0.913. The monoisotopic (exact) mass is 488 g/mol. The van der Waals surface area contributed by atoms with Crippen molar-refractivity contribution in [1.29, 1.82) is 0 Å². The molecule has 1 amide bonds. The summed E-state index contributed by atoms with van der Waals surface area (Å²) >= 11 is 5.60. The third-order valence-corrected chi connectivity index (χ3v) is 4.46. The highest BCUT2D eigenvalue weighted by Gasteiger charge is 2.11. The van der Waals surface area contributed by atoms with E-state index in [1.165, 1.54) is 6.21 Å². The van der Waals surface area contributed by atoms with Crippen LogP contribution in [0.4, 0.5) is 0 Å². The molecule has 2 rings (SSSR count). The van der Waals surface area contributed by atoms with Crippen molar-refractivity contribution in [2.45, 2.75) is 0 Å². The Bertz CT molecular complexity index is 750. The van der Waals surface area contributed by atoms with Gasteiger partial charge >= 0.3 is 0 Å². The first-order valence-electron chi connectivity index (χ1n) is 6.56. The van der Waals surface area contributed by atoms with Crippen LogP contribution in [0.3, 0.4) is 0 Å². The molecule has 0 bridgehead atoms. The Morgan fingerprint density at radius 3 is 2.70 bits per heavy atom. The van der Waals surface area contributed by atoms with Crippen molar-refractivity contribution in [2.75, 3.05) is 14.2 Å². The van der Waals surface area contributed by atoms with E-state index >= 15 is 0 Å². The SMILES string of the molecule is COc1ccc(/C=N\NC(=O)c2cccc(I)c2)c(Br)c1OC. The van der Waals surface area contributed by atoms with Gasteiger partial charge in [-0.2, -0.15) is 5.10 Å². The zero-order valence-corrected chi connectivity index (χ0v) is 16.2. The maximum atomic E-state index is 12.0. The summed E-state index contributed by atoms with van der Waals surface area (Å²) < 4.78 is 12.2. The van der Waals surface area contributed by atoms with E-state index in [0.717, 1.165) is 9.13 Å².